The highest BCUT2D eigenvalue weighted by molar-refractivity contribution is 5.69. The van der Waals surface area contributed by atoms with Crippen LogP contribution in [-0.4, -0.2) is 36.8 Å². The van der Waals surface area contributed by atoms with Crippen LogP contribution in [0.15, 0.2) is 4.52 Å². The summed E-state index contributed by atoms with van der Waals surface area (Å²) in [5, 5.41) is 3.74. The second-order valence-electron chi connectivity index (χ2n) is 5.48. The van der Waals surface area contributed by atoms with Crippen LogP contribution in [0.4, 0.5) is 5.95 Å². The number of rotatable bonds is 8. The maximum Gasteiger partial charge on any atom is 0.306 e. The second kappa shape index (κ2) is 7.84. The van der Waals surface area contributed by atoms with Gasteiger partial charge in [0.05, 0.1) is 0 Å². The minimum absolute atomic E-state index is 0.00135. The zero-order valence-electron chi connectivity index (χ0n) is 12.6. The molecule has 0 aliphatic rings. The summed E-state index contributed by atoms with van der Waals surface area (Å²) in [6.45, 7) is 4.70. The van der Waals surface area contributed by atoms with Gasteiger partial charge >= 0.3 is 5.97 Å². The van der Waals surface area contributed by atoms with Gasteiger partial charge in [0.1, 0.15) is 0 Å². The Hall–Kier alpha value is -1.63. The molecule has 0 amide bonds. The van der Waals surface area contributed by atoms with Gasteiger partial charge in [0.15, 0.2) is 6.61 Å². The van der Waals surface area contributed by atoms with E-state index in [0.29, 0.717) is 24.8 Å². The minimum atomic E-state index is -0.286. The van der Waals surface area contributed by atoms with Crippen molar-refractivity contribution in [3.63, 3.8) is 0 Å². The molecule has 114 valence electrons. The van der Waals surface area contributed by atoms with Gasteiger partial charge in [-0.2, -0.15) is 4.98 Å². The molecular weight excluding hydrogens is 260 g/mol. The van der Waals surface area contributed by atoms with Gasteiger partial charge in [-0.05, 0) is 30.0 Å². The quantitative estimate of drug-likeness (QED) is 0.716. The SMILES string of the molecule is CC(C)C[C@H](CN)CC(=O)OCc1nc(N(C)C)no1. The lowest BCUT2D eigenvalue weighted by atomic mass is 9.94. The van der Waals surface area contributed by atoms with Crippen molar-refractivity contribution in [1.29, 1.82) is 0 Å². The van der Waals surface area contributed by atoms with E-state index in [2.05, 4.69) is 24.0 Å². The first kappa shape index (κ1) is 16.4. The highest BCUT2D eigenvalue weighted by Crippen LogP contribution is 2.15. The Morgan fingerprint density at radius 2 is 2.15 bits per heavy atom. The summed E-state index contributed by atoms with van der Waals surface area (Å²) in [6, 6.07) is 0. The molecule has 0 fully saturated rings. The van der Waals surface area contributed by atoms with Crippen molar-refractivity contribution < 1.29 is 14.1 Å². The zero-order chi connectivity index (χ0) is 15.1. The highest BCUT2D eigenvalue weighted by atomic mass is 16.6. The van der Waals surface area contributed by atoms with E-state index >= 15 is 0 Å². The van der Waals surface area contributed by atoms with E-state index in [-0.39, 0.29) is 24.4 Å². The van der Waals surface area contributed by atoms with Crippen LogP contribution in [0, 0.1) is 11.8 Å². The van der Waals surface area contributed by atoms with E-state index in [1.807, 2.05) is 0 Å². The molecule has 0 unspecified atom stereocenters. The fourth-order valence-electron chi connectivity index (χ4n) is 1.85. The number of carbonyl (C=O) groups is 1. The summed E-state index contributed by atoms with van der Waals surface area (Å²) in [6.07, 6.45) is 1.24. The molecule has 0 spiro atoms. The Balaban J connectivity index is 2.38. The lowest BCUT2D eigenvalue weighted by Gasteiger charge is -2.15. The normalized spacial score (nSPS) is 12.5. The number of nitrogens with zero attached hydrogens (tertiary/aromatic N) is 3. The minimum Gasteiger partial charge on any atom is -0.456 e. The van der Waals surface area contributed by atoms with Crippen LogP contribution in [0.2, 0.25) is 0 Å². The molecule has 7 heteroatoms. The molecule has 1 aromatic heterocycles. The molecule has 0 aromatic carbocycles. The van der Waals surface area contributed by atoms with E-state index in [4.69, 9.17) is 15.0 Å². The maximum absolute atomic E-state index is 11.7. The van der Waals surface area contributed by atoms with Gasteiger partial charge in [0, 0.05) is 20.5 Å². The standard InChI is InChI=1S/C13H24N4O3/c1-9(2)5-10(7-14)6-12(18)19-8-11-15-13(16-20-11)17(3)4/h9-10H,5-8,14H2,1-4H3/t10-/m0/s1. The Kier molecular flexibility index (Phi) is 6.44. The highest BCUT2D eigenvalue weighted by Gasteiger charge is 2.16. The average molecular weight is 284 g/mol. The van der Waals surface area contributed by atoms with E-state index in [1.54, 1.807) is 19.0 Å². The van der Waals surface area contributed by atoms with Crippen molar-refractivity contribution in [2.45, 2.75) is 33.3 Å². The van der Waals surface area contributed by atoms with Crippen molar-refractivity contribution in [3.8, 4) is 0 Å². The number of nitrogens with two attached hydrogens (primary N) is 1. The van der Waals surface area contributed by atoms with Crippen molar-refractivity contribution in [1.82, 2.24) is 10.1 Å². The van der Waals surface area contributed by atoms with Gasteiger partial charge in [-0.15, -0.1) is 0 Å². The largest absolute Gasteiger partial charge is 0.456 e. The average Bonchev–Trinajstić information content (AvgIpc) is 2.84. The number of hydrogen-bond donors (Lipinski definition) is 1. The van der Waals surface area contributed by atoms with E-state index in [9.17, 15) is 4.79 Å². The molecule has 1 atom stereocenters. The summed E-state index contributed by atoms with van der Waals surface area (Å²) >= 11 is 0. The first-order valence-corrected chi connectivity index (χ1v) is 6.78. The fourth-order valence-corrected chi connectivity index (χ4v) is 1.85. The van der Waals surface area contributed by atoms with Crippen molar-refractivity contribution in [2.24, 2.45) is 17.6 Å². The molecule has 0 bridgehead atoms. The summed E-state index contributed by atoms with van der Waals surface area (Å²) in [7, 11) is 3.61. The van der Waals surface area contributed by atoms with Crippen LogP contribution in [0.3, 0.4) is 0 Å². The zero-order valence-corrected chi connectivity index (χ0v) is 12.6. The number of esters is 1. The van der Waals surface area contributed by atoms with Gasteiger partial charge in [-0.3, -0.25) is 4.79 Å². The van der Waals surface area contributed by atoms with E-state index in [1.165, 1.54) is 0 Å². The third-order valence-electron chi connectivity index (χ3n) is 2.81. The number of carbonyl (C=O) groups excluding carboxylic acids is 1. The number of hydrogen-bond acceptors (Lipinski definition) is 7. The van der Waals surface area contributed by atoms with E-state index < -0.39 is 0 Å². The van der Waals surface area contributed by atoms with Gasteiger partial charge in [0.25, 0.3) is 11.8 Å². The molecule has 2 N–H and O–H groups in total. The molecule has 1 rings (SSSR count). The first-order valence-electron chi connectivity index (χ1n) is 6.78. The van der Waals surface area contributed by atoms with Crippen LogP contribution < -0.4 is 10.6 Å². The fraction of sp³-hybridized carbons (Fsp3) is 0.769. The summed E-state index contributed by atoms with van der Waals surface area (Å²) in [5.41, 5.74) is 5.66. The molecular formula is C13H24N4O3. The third-order valence-corrected chi connectivity index (χ3v) is 2.81. The predicted molar refractivity (Wildman–Crippen MR) is 75.0 cm³/mol. The Morgan fingerprint density at radius 1 is 1.45 bits per heavy atom. The molecule has 1 heterocycles. The van der Waals surface area contributed by atoms with Gasteiger partial charge in [-0.25, -0.2) is 0 Å². The van der Waals surface area contributed by atoms with Gasteiger partial charge < -0.3 is 19.9 Å². The molecule has 0 aliphatic heterocycles. The third kappa shape index (κ3) is 5.56. The molecule has 0 saturated heterocycles. The summed E-state index contributed by atoms with van der Waals surface area (Å²) < 4.78 is 10.1. The second-order valence-corrected chi connectivity index (χ2v) is 5.48. The molecule has 20 heavy (non-hydrogen) atoms. The predicted octanol–water partition coefficient (Wildman–Crippen LogP) is 1.19. The van der Waals surface area contributed by atoms with Crippen molar-refractivity contribution in [3.05, 3.63) is 5.89 Å². The molecule has 7 nitrogen and oxygen atoms in total. The van der Waals surface area contributed by atoms with Crippen LogP contribution in [0.5, 0.6) is 0 Å². The Bertz CT molecular complexity index is 418. The van der Waals surface area contributed by atoms with Crippen molar-refractivity contribution >= 4 is 11.9 Å². The van der Waals surface area contributed by atoms with Crippen molar-refractivity contribution in [2.75, 3.05) is 25.5 Å². The number of aromatic nitrogens is 2. The van der Waals surface area contributed by atoms with Gasteiger partial charge in [-0.1, -0.05) is 13.8 Å². The molecule has 0 aliphatic carbocycles. The Morgan fingerprint density at radius 3 is 2.65 bits per heavy atom. The molecule has 1 aromatic rings. The number of anilines is 1. The number of ether oxygens (including phenoxy) is 1. The first-order chi connectivity index (χ1) is 9.42. The maximum atomic E-state index is 11.7. The lowest BCUT2D eigenvalue weighted by Crippen LogP contribution is -2.21. The van der Waals surface area contributed by atoms with Crippen LogP contribution >= 0.6 is 0 Å². The Labute approximate surface area is 119 Å². The van der Waals surface area contributed by atoms with E-state index in [0.717, 1.165) is 6.42 Å². The smallest absolute Gasteiger partial charge is 0.306 e. The topological polar surface area (TPSA) is 94.5 Å². The molecule has 0 radical (unpaired) electrons. The van der Waals surface area contributed by atoms with Crippen LogP contribution in [-0.2, 0) is 16.1 Å². The van der Waals surface area contributed by atoms with Crippen LogP contribution in [0.1, 0.15) is 32.6 Å². The van der Waals surface area contributed by atoms with Crippen LogP contribution in [0.25, 0.3) is 0 Å². The van der Waals surface area contributed by atoms with Gasteiger partial charge in [0.2, 0.25) is 0 Å². The summed E-state index contributed by atoms with van der Waals surface area (Å²) in [5.74, 6) is 1.12. The lowest BCUT2D eigenvalue weighted by molar-refractivity contribution is -0.146. The monoisotopic (exact) mass is 284 g/mol. The molecule has 0 saturated carbocycles. The summed E-state index contributed by atoms with van der Waals surface area (Å²) in [4.78, 5) is 17.5.